The van der Waals surface area contributed by atoms with Gasteiger partial charge in [-0.2, -0.15) is 11.8 Å². The molecule has 148 valence electrons. The van der Waals surface area contributed by atoms with Crippen LogP contribution in [0.5, 0.6) is 0 Å². The molecule has 2 N–H and O–H groups in total. The Balaban J connectivity index is 1.43. The van der Waals surface area contributed by atoms with E-state index in [1.54, 1.807) is 0 Å². The number of rotatable bonds is 5. The van der Waals surface area contributed by atoms with Gasteiger partial charge in [-0.25, -0.2) is 4.98 Å². The fourth-order valence-electron chi connectivity index (χ4n) is 3.32. The lowest BCUT2D eigenvalue weighted by Gasteiger charge is -2.32. The standard InChI is InChI=1S/C17H25N5O3S2/c1-12-11-27-16(18-12)9-14(23)19-20-15(24)10-22-4-2-3-13(22)17(25)21-5-7-26-8-6-21/h11,13H,2-10H2,1H3,(H,19,23)(H,20,24). The van der Waals surface area contributed by atoms with E-state index in [-0.39, 0.29) is 36.7 Å². The molecule has 0 spiro atoms. The van der Waals surface area contributed by atoms with Gasteiger partial charge in [0.2, 0.25) is 11.8 Å². The number of hydrogen-bond acceptors (Lipinski definition) is 7. The molecule has 2 fully saturated rings. The van der Waals surface area contributed by atoms with Gasteiger partial charge in [0.05, 0.1) is 19.0 Å². The second-order valence-corrected chi connectivity index (χ2v) is 8.89. The average molecular weight is 412 g/mol. The first-order valence-corrected chi connectivity index (χ1v) is 11.2. The van der Waals surface area contributed by atoms with E-state index in [0.29, 0.717) is 5.01 Å². The first-order chi connectivity index (χ1) is 13.0. The second kappa shape index (κ2) is 9.52. The zero-order valence-electron chi connectivity index (χ0n) is 15.4. The van der Waals surface area contributed by atoms with Crippen LogP contribution in [-0.4, -0.2) is 76.2 Å². The predicted molar refractivity (Wildman–Crippen MR) is 105 cm³/mol. The smallest absolute Gasteiger partial charge is 0.252 e. The van der Waals surface area contributed by atoms with Crippen molar-refractivity contribution in [2.24, 2.45) is 0 Å². The molecule has 0 aliphatic carbocycles. The number of thioether (sulfide) groups is 1. The van der Waals surface area contributed by atoms with Gasteiger partial charge < -0.3 is 4.90 Å². The van der Waals surface area contributed by atoms with Crippen LogP contribution in [0.3, 0.4) is 0 Å². The Morgan fingerprint density at radius 2 is 1.93 bits per heavy atom. The fraction of sp³-hybridized carbons (Fsp3) is 0.647. The largest absolute Gasteiger partial charge is 0.340 e. The second-order valence-electron chi connectivity index (χ2n) is 6.72. The van der Waals surface area contributed by atoms with Crippen molar-refractivity contribution in [3.8, 4) is 0 Å². The highest BCUT2D eigenvalue weighted by molar-refractivity contribution is 7.99. The van der Waals surface area contributed by atoms with Crippen molar-refractivity contribution in [1.29, 1.82) is 0 Å². The number of aromatic nitrogens is 1. The third kappa shape index (κ3) is 5.66. The molecular weight excluding hydrogens is 386 g/mol. The van der Waals surface area contributed by atoms with Crippen LogP contribution in [0.15, 0.2) is 5.38 Å². The summed E-state index contributed by atoms with van der Waals surface area (Å²) < 4.78 is 0. The van der Waals surface area contributed by atoms with Crippen molar-refractivity contribution in [3.05, 3.63) is 16.1 Å². The maximum atomic E-state index is 12.7. The van der Waals surface area contributed by atoms with Crippen LogP contribution in [0.2, 0.25) is 0 Å². The summed E-state index contributed by atoms with van der Waals surface area (Å²) in [7, 11) is 0. The molecule has 2 saturated heterocycles. The van der Waals surface area contributed by atoms with Gasteiger partial charge in [-0.05, 0) is 26.3 Å². The van der Waals surface area contributed by atoms with E-state index in [1.807, 2.05) is 33.9 Å². The van der Waals surface area contributed by atoms with Gasteiger partial charge in [-0.15, -0.1) is 11.3 Å². The Morgan fingerprint density at radius 3 is 2.63 bits per heavy atom. The highest BCUT2D eigenvalue weighted by Gasteiger charge is 2.35. The van der Waals surface area contributed by atoms with Crippen molar-refractivity contribution in [1.82, 2.24) is 25.6 Å². The van der Waals surface area contributed by atoms with Crippen LogP contribution in [0.1, 0.15) is 23.5 Å². The Hall–Kier alpha value is -1.65. The summed E-state index contributed by atoms with van der Waals surface area (Å²) in [5, 5.41) is 2.59. The van der Waals surface area contributed by atoms with Gasteiger partial charge >= 0.3 is 0 Å². The molecule has 1 atom stereocenters. The SMILES string of the molecule is Cc1csc(CC(=O)NNC(=O)CN2CCCC2C(=O)N2CCSCC2)n1. The Kier molecular flexibility index (Phi) is 7.08. The summed E-state index contributed by atoms with van der Waals surface area (Å²) in [6.45, 7) is 4.27. The molecule has 1 aromatic rings. The topological polar surface area (TPSA) is 94.6 Å². The van der Waals surface area contributed by atoms with E-state index in [0.717, 1.165) is 49.7 Å². The molecule has 27 heavy (non-hydrogen) atoms. The third-order valence-corrected chi connectivity index (χ3v) is 6.55. The van der Waals surface area contributed by atoms with Crippen molar-refractivity contribution >= 4 is 40.8 Å². The molecule has 2 aliphatic rings. The molecule has 3 rings (SSSR count). The maximum absolute atomic E-state index is 12.7. The minimum absolute atomic E-state index is 0.107. The molecular formula is C17H25N5O3S2. The van der Waals surface area contributed by atoms with E-state index >= 15 is 0 Å². The molecule has 2 aliphatic heterocycles. The molecule has 0 saturated carbocycles. The summed E-state index contributed by atoms with van der Waals surface area (Å²) in [6, 6.07) is -0.229. The van der Waals surface area contributed by atoms with E-state index in [4.69, 9.17) is 0 Å². The molecule has 0 aromatic carbocycles. The van der Waals surface area contributed by atoms with Gasteiger partial charge in [0.15, 0.2) is 0 Å². The number of carbonyl (C=O) groups is 3. The normalized spacial score (nSPS) is 20.5. The van der Waals surface area contributed by atoms with Crippen LogP contribution in [0, 0.1) is 6.92 Å². The van der Waals surface area contributed by atoms with Crippen LogP contribution >= 0.6 is 23.1 Å². The monoisotopic (exact) mass is 411 g/mol. The lowest BCUT2D eigenvalue weighted by molar-refractivity contribution is -0.137. The van der Waals surface area contributed by atoms with Crippen molar-refractivity contribution in [2.45, 2.75) is 32.2 Å². The van der Waals surface area contributed by atoms with Crippen molar-refractivity contribution in [2.75, 3.05) is 37.7 Å². The minimum Gasteiger partial charge on any atom is -0.340 e. The number of aryl methyl sites for hydroxylation is 1. The maximum Gasteiger partial charge on any atom is 0.252 e. The number of nitrogens with zero attached hydrogens (tertiary/aromatic N) is 3. The third-order valence-electron chi connectivity index (χ3n) is 4.64. The summed E-state index contributed by atoms with van der Waals surface area (Å²) >= 11 is 3.28. The van der Waals surface area contributed by atoms with Gasteiger partial charge in [0, 0.05) is 35.7 Å². The Morgan fingerprint density at radius 1 is 1.19 bits per heavy atom. The predicted octanol–water partition coefficient (Wildman–Crippen LogP) is 0.181. The van der Waals surface area contributed by atoms with Crippen LogP contribution in [0.4, 0.5) is 0 Å². The van der Waals surface area contributed by atoms with Crippen LogP contribution in [0.25, 0.3) is 0 Å². The molecule has 8 nitrogen and oxygen atoms in total. The van der Waals surface area contributed by atoms with Gasteiger partial charge in [-0.1, -0.05) is 0 Å². The first kappa shape index (κ1) is 20.1. The van der Waals surface area contributed by atoms with Crippen LogP contribution < -0.4 is 10.9 Å². The molecule has 0 bridgehead atoms. The lowest BCUT2D eigenvalue weighted by Crippen LogP contribution is -2.52. The number of thiazole rings is 1. The van der Waals surface area contributed by atoms with E-state index in [2.05, 4.69) is 15.8 Å². The fourth-order valence-corrected chi connectivity index (χ4v) is 4.99. The number of carbonyl (C=O) groups excluding carboxylic acids is 3. The molecule has 3 amide bonds. The lowest BCUT2D eigenvalue weighted by atomic mass is 10.2. The van der Waals surface area contributed by atoms with Gasteiger partial charge in [0.1, 0.15) is 5.01 Å². The molecule has 1 aromatic heterocycles. The summed E-state index contributed by atoms with van der Waals surface area (Å²) in [5.41, 5.74) is 5.75. The summed E-state index contributed by atoms with van der Waals surface area (Å²) in [4.78, 5) is 44.9. The first-order valence-electron chi connectivity index (χ1n) is 9.12. The summed E-state index contributed by atoms with van der Waals surface area (Å²) in [5.74, 6) is 1.46. The molecule has 10 heteroatoms. The number of amides is 3. The highest BCUT2D eigenvalue weighted by atomic mass is 32.2. The molecule has 0 radical (unpaired) electrons. The zero-order valence-corrected chi connectivity index (χ0v) is 17.0. The quantitative estimate of drug-likeness (QED) is 0.672. The number of nitrogens with one attached hydrogen (secondary N) is 2. The summed E-state index contributed by atoms with van der Waals surface area (Å²) in [6.07, 6.45) is 1.82. The van der Waals surface area contributed by atoms with Gasteiger partial charge in [-0.3, -0.25) is 30.1 Å². The number of hydrogen-bond donors (Lipinski definition) is 2. The molecule has 1 unspecified atom stereocenters. The highest BCUT2D eigenvalue weighted by Crippen LogP contribution is 2.20. The molecule has 3 heterocycles. The minimum atomic E-state index is -0.312. The van der Waals surface area contributed by atoms with E-state index < -0.39 is 0 Å². The van der Waals surface area contributed by atoms with Crippen LogP contribution in [-0.2, 0) is 20.8 Å². The van der Waals surface area contributed by atoms with Gasteiger partial charge in [0.25, 0.3) is 5.91 Å². The number of likely N-dealkylation sites (tertiary alicyclic amines) is 1. The Bertz CT molecular complexity index is 690. The zero-order chi connectivity index (χ0) is 19.2. The number of hydrazine groups is 1. The Labute approximate surface area is 167 Å². The van der Waals surface area contributed by atoms with E-state index in [9.17, 15) is 14.4 Å². The van der Waals surface area contributed by atoms with Crippen molar-refractivity contribution in [3.63, 3.8) is 0 Å². The average Bonchev–Trinajstić information content (AvgIpc) is 3.29. The van der Waals surface area contributed by atoms with E-state index in [1.165, 1.54) is 11.3 Å². The van der Waals surface area contributed by atoms with Crippen molar-refractivity contribution < 1.29 is 14.4 Å².